The van der Waals surface area contributed by atoms with Crippen LogP contribution >= 0.6 is 0 Å². The molecule has 0 spiro atoms. The zero-order valence-corrected chi connectivity index (χ0v) is 13.9. The van der Waals surface area contributed by atoms with E-state index in [1.165, 1.54) is 6.20 Å². The Morgan fingerprint density at radius 1 is 1.57 bits per heavy atom. The first-order valence-electron chi connectivity index (χ1n) is 7.48. The number of halogens is 1. The number of aromatic nitrogens is 1. The van der Waals surface area contributed by atoms with Crippen LogP contribution in [-0.2, 0) is 9.47 Å². The molecule has 0 aromatic carbocycles. The molecule has 1 aliphatic rings. The number of nitrogen functional groups attached to an aromatic ring is 1. The Morgan fingerprint density at radius 2 is 2.26 bits per heavy atom. The molecule has 0 bridgehead atoms. The highest BCUT2D eigenvalue weighted by molar-refractivity contribution is 5.90. The average molecular weight is 326 g/mol. The van der Waals surface area contributed by atoms with Gasteiger partial charge >= 0.3 is 6.09 Å². The van der Waals surface area contributed by atoms with E-state index in [0.717, 1.165) is 0 Å². The Hall–Kier alpha value is -2.09. The summed E-state index contributed by atoms with van der Waals surface area (Å²) in [5, 5.41) is 2.37. The van der Waals surface area contributed by atoms with Gasteiger partial charge in [0.15, 0.2) is 11.6 Å². The molecule has 2 heterocycles. The van der Waals surface area contributed by atoms with Gasteiger partial charge < -0.3 is 20.1 Å². The number of morpholine rings is 1. The fourth-order valence-corrected chi connectivity index (χ4v) is 2.25. The highest BCUT2D eigenvalue weighted by Gasteiger charge is 2.25. The van der Waals surface area contributed by atoms with Crippen LogP contribution in [0.5, 0.6) is 0 Å². The molecule has 3 N–H and O–H groups in total. The normalized spacial score (nSPS) is 18.7. The number of nitrogens with two attached hydrogens (primary N) is 1. The number of pyridine rings is 1. The summed E-state index contributed by atoms with van der Waals surface area (Å²) in [7, 11) is 0. The van der Waals surface area contributed by atoms with Crippen molar-refractivity contribution in [1.29, 1.82) is 0 Å². The van der Waals surface area contributed by atoms with E-state index in [9.17, 15) is 9.18 Å². The molecular formula is C15H23FN4O3. The van der Waals surface area contributed by atoms with Crippen LogP contribution in [0.3, 0.4) is 0 Å². The van der Waals surface area contributed by atoms with Crippen LogP contribution < -0.4 is 16.0 Å². The van der Waals surface area contributed by atoms with Gasteiger partial charge in [-0.25, -0.2) is 14.2 Å². The summed E-state index contributed by atoms with van der Waals surface area (Å²) in [6, 6.07) is 0. The number of carbonyl (C=O) groups excluding carboxylic acids is 1. The van der Waals surface area contributed by atoms with Crippen molar-refractivity contribution in [1.82, 2.24) is 4.98 Å². The van der Waals surface area contributed by atoms with Crippen molar-refractivity contribution in [3.8, 4) is 0 Å². The molecule has 1 saturated heterocycles. The minimum absolute atomic E-state index is 0.0234. The van der Waals surface area contributed by atoms with E-state index >= 15 is 0 Å². The first-order chi connectivity index (χ1) is 10.7. The van der Waals surface area contributed by atoms with E-state index in [1.54, 1.807) is 25.7 Å². The molecule has 1 atom stereocenters. The van der Waals surface area contributed by atoms with Crippen molar-refractivity contribution in [2.45, 2.75) is 39.4 Å². The van der Waals surface area contributed by atoms with Gasteiger partial charge in [0, 0.05) is 13.1 Å². The number of rotatable bonds is 2. The highest BCUT2D eigenvalue weighted by atomic mass is 19.1. The number of amides is 1. The molecule has 2 rings (SSSR count). The summed E-state index contributed by atoms with van der Waals surface area (Å²) in [6.45, 7) is 8.59. The number of nitrogens with one attached hydrogen (secondary N) is 1. The average Bonchev–Trinajstić information content (AvgIpc) is 2.41. The summed E-state index contributed by atoms with van der Waals surface area (Å²) in [6.07, 6.45) is 0.533. The maximum Gasteiger partial charge on any atom is 0.412 e. The van der Waals surface area contributed by atoms with Gasteiger partial charge in [-0.05, 0) is 27.7 Å². The summed E-state index contributed by atoms with van der Waals surface area (Å²) in [4.78, 5) is 17.7. The fourth-order valence-electron chi connectivity index (χ4n) is 2.25. The molecule has 1 aliphatic heterocycles. The van der Waals surface area contributed by atoms with Gasteiger partial charge in [-0.3, -0.25) is 5.32 Å². The van der Waals surface area contributed by atoms with Crippen LogP contribution in [0.25, 0.3) is 0 Å². The van der Waals surface area contributed by atoms with Crippen molar-refractivity contribution in [3.63, 3.8) is 0 Å². The van der Waals surface area contributed by atoms with Gasteiger partial charge in [-0.1, -0.05) is 0 Å². The zero-order valence-electron chi connectivity index (χ0n) is 13.9. The summed E-state index contributed by atoms with van der Waals surface area (Å²) < 4.78 is 25.3. The SMILES string of the molecule is C[C@@H]1CN(c2ncc(N)c(NC(=O)OC(C)(C)C)c2F)CCO1. The molecule has 0 radical (unpaired) electrons. The summed E-state index contributed by atoms with van der Waals surface area (Å²) in [5.41, 5.74) is 4.97. The van der Waals surface area contributed by atoms with Crippen LogP contribution in [0.1, 0.15) is 27.7 Å². The lowest BCUT2D eigenvalue weighted by atomic mass is 10.2. The number of anilines is 3. The van der Waals surface area contributed by atoms with Gasteiger partial charge in [0.2, 0.25) is 0 Å². The van der Waals surface area contributed by atoms with Crippen molar-refractivity contribution >= 4 is 23.3 Å². The second kappa shape index (κ2) is 6.57. The van der Waals surface area contributed by atoms with Gasteiger partial charge in [-0.2, -0.15) is 0 Å². The van der Waals surface area contributed by atoms with E-state index in [0.29, 0.717) is 19.7 Å². The monoisotopic (exact) mass is 326 g/mol. The fraction of sp³-hybridized carbons (Fsp3) is 0.600. The highest BCUT2D eigenvalue weighted by Crippen LogP contribution is 2.30. The molecule has 7 nitrogen and oxygen atoms in total. The number of hydrogen-bond donors (Lipinski definition) is 2. The topological polar surface area (TPSA) is 89.7 Å². The molecule has 8 heteroatoms. The predicted molar refractivity (Wildman–Crippen MR) is 86.1 cm³/mol. The minimum Gasteiger partial charge on any atom is -0.444 e. The number of hydrogen-bond acceptors (Lipinski definition) is 6. The minimum atomic E-state index is -0.768. The molecule has 23 heavy (non-hydrogen) atoms. The Morgan fingerprint density at radius 3 is 2.87 bits per heavy atom. The summed E-state index contributed by atoms with van der Waals surface area (Å²) in [5.74, 6) is -0.537. The molecule has 0 saturated carbocycles. The maximum absolute atomic E-state index is 14.7. The first-order valence-corrected chi connectivity index (χ1v) is 7.48. The molecule has 0 unspecified atom stereocenters. The van der Waals surface area contributed by atoms with Crippen LogP contribution in [0.15, 0.2) is 6.20 Å². The molecule has 1 amide bonds. The lowest BCUT2D eigenvalue weighted by molar-refractivity contribution is 0.0526. The van der Waals surface area contributed by atoms with Crippen molar-refractivity contribution in [2.24, 2.45) is 0 Å². The number of nitrogens with zero attached hydrogens (tertiary/aromatic N) is 2. The van der Waals surface area contributed by atoms with E-state index in [-0.39, 0.29) is 23.3 Å². The van der Waals surface area contributed by atoms with Gasteiger partial charge in [0.05, 0.1) is 24.6 Å². The molecule has 128 valence electrons. The van der Waals surface area contributed by atoms with E-state index in [4.69, 9.17) is 15.2 Å². The van der Waals surface area contributed by atoms with Gasteiger partial charge in [0.1, 0.15) is 11.3 Å². The van der Waals surface area contributed by atoms with Crippen LogP contribution in [0, 0.1) is 5.82 Å². The predicted octanol–water partition coefficient (Wildman–Crippen LogP) is 2.38. The van der Waals surface area contributed by atoms with Crippen molar-refractivity contribution < 1.29 is 18.7 Å². The quantitative estimate of drug-likeness (QED) is 0.867. The third-order valence-corrected chi connectivity index (χ3v) is 3.20. The second-order valence-corrected chi connectivity index (χ2v) is 6.48. The lowest BCUT2D eigenvalue weighted by Crippen LogP contribution is -2.42. The molecule has 1 fully saturated rings. The Balaban J connectivity index is 2.23. The van der Waals surface area contributed by atoms with Crippen molar-refractivity contribution in [2.75, 3.05) is 35.6 Å². The third kappa shape index (κ3) is 4.44. The van der Waals surface area contributed by atoms with E-state index < -0.39 is 17.5 Å². The number of carbonyl (C=O) groups is 1. The molecular weight excluding hydrogens is 303 g/mol. The van der Waals surface area contributed by atoms with Crippen LogP contribution in [0.2, 0.25) is 0 Å². The Bertz CT molecular complexity index is 589. The standard InChI is InChI=1S/C15H23FN4O3/c1-9-8-20(5-6-22-9)13-11(16)12(10(17)7-18-13)19-14(21)23-15(2,3)4/h7,9H,5-6,8,17H2,1-4H3,(H,18,19,21)/t9-/m1/s1. The molecule has 1 aromatic heterocycles. The largest absolute Gasteiger partial charge is 0.444 e. The lowest BCUT2D eigenvalue weighted by Gasteiger charge is -2.32. The van der Waals surface area contributed by atoms with Crippen molar-refractivity contribution in [3.05, 3.63) is 12.0 Å². The smallest absolute Gasteiger partial charge is 0.412 e. The molecule has 1 aromatic rings. The summed E-state index contributed by atoms with van der Waals surface area (Å²) >= 11 is 0. The Kier molecular flexibility index (Phi) is 4.93. The first kappa shape index (κ1) is 17.3. The van der Waals surface area contributed by atoms with Gasteiger partial charge in [-0.15, -0.1) is 0 Å². The number of ether oxygens (including phenoxy) is 2. The van der Waals surface area contributed by atoms with Crippen LogP contribution in [-0.4, -0.2) is 42.5 Å². The molecule has 0 aliphatic carbocycles. The van der Waals surface area contributed by atoms with E-state index in [1.807, 2.05) is 6.92 Å². The van der Waals surface area contributed by atoms with Gasteiger partial charge in [0.25, 0.3) is 0 Å². The zero-order chi connectivity index (χ0) is 17.2. The third-order valence-electron chi connectivity index (χ3n) is 3.20. The Labute approximate surface area is 134 Å². The van der Waals surface area contributed by atoms with Crippen LogP contribution in [0.4, 0.5) is 26.4 Å². The van der Waals surface area contributed by atoms with E-state index in [2.05, 4.69) is 10.3 Å². The maximum atomic E-state index is 14.7. The second-order valence-electron chi connectivity index (χ2n) is 6.48.